The normalized spacial score (nSPS) is 24.0. The van der Waals surface area contributed by atoms with Crippen LogP contribution in [0.1, 0.15) is 38.5 Å². The van der Waals surface area contributed by atoms with Crippen molar-refractivity contribution in [3.8, 4) is 0 Å². The standard InChI is InChI=1S/C14H17N5O2S/c1-8-13(16-9(2)22-8)14(20)18-4-3-12-11(6-18)19-10(7-21-12)5-15-17-19/h5,11-12H,3-4,6-7H2,1-2H3/t11-,12+/m1/s1. The molecule has 0 saturated carbocycles. The fourth-order valence-corrected chi connectivity index (χ4v) is 4.05. The van der Waals surface area contributed by atoms with Gasteiger partial charge in [-0.05, 0) is 20.3 Å². The minimum atomic E-state index is 0.00698. The molecule has 1 saturated heterocycles. The van der Waals surface area contributed by atoms with Gasteiger partial charge in [0, 0.05) is 18.0 Å². The Bertz CT molecular complexity index is 725. The van der Waals surface area contributed by atoms with Crippen LogP contribution in [0.25, 0.3) is 0 Å². The Balaban J connectivity index is 1.59. The number of carbonyl (C=O) groups is 1. The topological polar surface area (TPSA) is 73.1 Å². The second-order valence-electron chi connectivity index (χ2n) is 5.76. The summed E-state index contributed by atoms with van der Waals surface area (Å²) in [6, 6.07) is 0.0454. The quantitative estimate of drug-likeness (QED) is 0.793. The Labute approximate surface area is 131 Å². The van der Waals surface area contributed by atoms with E-state index in [2.05, 4.69) is 15.3 Å². The zero-order valence-electron chi connectivity index (χ0n) is 12.5. The van der Waals surface area contributed by atoms with Crippen LogP contribution in [0, 0.1) is 13.8 Å². The molecule has 0 unspecified atom stereocenters. The lowest BCUT2D eigenvalue weighted by molar-refractivity contribution is -0.0605. The molecule has 4 rings (SSSR count). The lowest BCUT2D eigenvalue weighted by atomic mass is 10.00. The van der Waals surface area contributed by atoms with Gasteiger partial charge >= 0.3 is 0 Å². The minimum Gasteiger partial charge on any atom is -0.370 e. The fraction of sp³-hybridized carbons (Fsp3) is 0.571. The first-order valence-electron chi connectivity index (χ1n) is 7.37. The zero-order valence-corrected chi connectivity index (χ0v) is 13.3. The van der Waals surface area contributed by atoms with E-state index in [-0.39, 0.29) is 18.1 Å². The van der Waals surface area contributed by atoms with Crippen molar-refractivity contribution in [2.24, 2.45) is 0 Å². The van der Waals surface area contributed by atoms with E-state index >= 15 is 0 Å². The number of carbonyl (C=O) groups excluding carboxylic acids is 1. The van der Waals surface area contributed by atoms with Gasteiger partial charge in [0.2, 0.25) is 0 Å². The number of thiazole rings is 1. The van der Waals surface area contributed by atoms with Gasteiger partial charge < -0.3 is 9.64 Å². The highest BCUT2D eigenvalue weighted by Gasteiger charge is 2.38. The van der Waals surface area contributed by atoms with Crippen molar-refractivity contribution in [3.63, 3.8) is 0 Å². The van der Waals surface area contributed by atoms with Crippen LogP contribution in [0.15, 0.2) is 6.20 Å². The number of fused-ring (bicyclic) bond motifs is 3. The first-order chi connectivity index (χ1) is 10.6. The molecule has 2 aromatic heterocycles. The molecule has 7 nitrogen and oxygen atoms in total. The molecule has 0 aliphatic carbocycles. The molecule has 0 N–H and O–H groups in total. The third-order valence-electron chi connectivity index (χ3n) is 4.32. The highest BCUT2D eigenvalue weighted by atomic mass is 32.1. The summed E-state index contributed by atoms with van der Waals surface area (Å²) in [4.78, 5) is 20.0. The second-order valence-corrected chi connectivity index (χ2v) is 7.17. The van der Waals surface area contributed by atoms with Gasteiger partial charge in [-0.1, -0.05) is 5.21 Å². The van der Waals surface area contributed by atoms with Crippen LogP contribution in [0.2, 0.25) is 0 Å². The Kier molecular flexibility index (Phi) is 3.23. The first-order valence-corrected chi connectivity index (χ1v) is 8.19. The maximum absolute atomic E-state index is 12.7. The monoisotopic (exact) mass is 319 g/mol. The summed E-state index contributed by atoms with van der Waals surface area (Å²) in [5.74, 6) is 0.00698. The zero-order chi connectivity index (χ0) is 15.3. The highest BCUT2D eigenvalue weighted by molar-refractivity contribution is 7.11. The molecule has 2 aliphatic rings. The lowest BCUT2D eigenvalue weighted by Gasteiger charge is -2.40. The van der Waals surface area contributed by atoms with Crippen molar-refractivity contribution >= 4 is 17.2 Å². The summed E-state index contributed by atoms with van der Waals surface area (Å²) in [5.41, 5.74) is 1.55. The van der Waals surface area contributed by atoms with Gasteiger partial charge in [-0.3, -0.25) is 4.79 Å². The Hall–Kier alpha value is -1.80. The maximum Gasteiger partial charge on any atom is 0.273 e. The van der Waals surface area contributed by atoms with Gasteiger partial charge in [0.1, 0.15) is 5.69 Å². The molecule has 22 heavy (non-hydrogen) atoms. The molecule has 0 bridgehead atoms. The summed E-state index contributed by atoms with van der Waals surface area (Å²) in [7, 11) is 0. The molecule has 2 aliphatic heterocycles. The fourth-order valence-electron chi connectivity index (χ4n) is 3.24. The van der Waals surface area contributed by atoms with Crippen LogP contribution in [-0.4, -0.2) is 50.0 Å². The largest absolute Gasteiger partial charge is 0.370 e. The van der Waals surface area contributed by atoms with E-state index in [1.165, 1.54) is 0 Å². The lowest BCUT2D eigenvalue weighted by Crippen LogP contribution is -2.50. The summed E-state index contributed by atoms with van der Waals surface area (Å²) < 4.78 is 7.79. The SMILES string of the molecule is Cc1nc(C(=O)N2CC[C@@H]3OCc4cnnn4[C@@H]3C2)c(C)s1. The van der Waals surface area contributed by atoms with Crippen molar-refractivity contribution < 1.29 is 9.53 Å². The Morgan fingerprint density at radius 3 is 3.09 bits per heavy atom. The van der Waals surface area contributed by atoms with Crippen molar-refractivity contribution in [2.45, 2.75) is 39.0 Å². The van der Waals surface area contributed by atoms with Crippen LogP contribution in [0.4, 0.5) is 0 Å². The van der Waals surface area contributed by atoms with E-state index < -0.39 is 0 Å². The highest BCUT2D eigenvalue weighted by Crippen LogP contribution is 2.31. The number of aromatic nitrogens is 4. The van der Waals surface area contributed by atoms with E-state index in [1.807, 2.05) is 23.4 Å². The van der Waals surface area contributed by atoms with Gasteiger partial charge in [-0.15, -0.1) is 16.4 Å². The summed E-state index contributed by atoms with van der Waals surface area (Å²) in [6.07, 6.45) is 2.65. The second kappa shape index (κ2) is 5.13. The summed E-state index contributed by atoms with van der Waals surface area (Å²) in [5, 5.41) is 9.05. The Morgan fingerprint density at radius 1 is 1.45 bits per heavy atom. The molecular formula is C14H17N5O2S. The molecule has 0 aromatic carbocycles. The van der Waals surface area contributed by atoms with Crippen LogP contribution in [0.5, 0.6) is 0 Å². The van der Waals surface area contributed by atoms with Gasteiger partial charge in [-0.2, -0.15) is 0 Å². The molecule has 0 radical (unpaired) electrons. The van der Waals surface area contributed by atoms with E-state index in [0.29, 0.717) is 25.4 Å². The third-order valence-corrected chi connectivity index (χ3v) is 5.21. The van der Waals surface area contributed by atoms with Crippen LogP contribution >= 0.6 is 11.3 Å². The third kappa shape index (κ3) is 2.14. The smallest absolute Gasteiger partial charge is 0.273 e. The maximum atomic E-state index is 12.7. The van der Waals surface area contributed by atoms with Crippen molar-refractivity contribution in [1.29, 1.82) is 0 Å². The van der Waals surface area contributed by atoms with E-state index in [1.54, 1.807) is 17.5 Å². The number of aryl methyl sites for hydroxylation is 2. The molecule has 1 amide bonds. The predicted octanol–water partition coefficient (Wildman–Crippen LogP) is 1.34. The van der Waals surface area contributed by atoms with Crippen molar-refractivity contribution in [1.82, 2.24) is 24.9 Å². The number of piperidine rings is 1. The van der Waals surface area contributed by atoms with Crippen molar-refractivity contribution in [3.05, 3.63) is 27.5 Å². The Morgan fingerprint density at radius 2 is 2.32 bits per heavy atom. The first kappa shape index (κ1) is 13.8. The van der Waals surface area contributed by atoms with Gasteiger partial charge in [0.15, 0.2) is 0 Å². The molecule has 116 valence electrons. The van der Waals surface area contributed by atoms with Crippen LogP contribution in [-0.2, 0) is 11.3 Å². The molecule has 2 atom stereocenters. The number of hydrogen-bond donors (Lipinski definition) is 0. The summed E-state index contributed by atoms with van der Waals surface area (Å²) in [6.45, 7) is 5.71. The average molecular weight is 319 g/mol. The number of ether oxygens (including phenoxy) is 1. The minimum absolute atomic E-state index is 0.00698. The molecular weight excluding hydrogens is 302 g/mol. The average Bonchev–Trinajstić information content (AvgIpc) is 3.12. The van der Waals surface area contributed by atoms with Crippen LogP contribution in [0.3, 0.4) is 0 Å². The number of hydrogen-bond acceptors (Lipinski definition) is 6. The van der Waals surface area contributed by atoms with E-state index in [0.717, 1.165) is 22.0 Å². The molecule has 2 aromatic rings. The predicted molar refractivity (Wildman–Crippen MR) is 79.7 cm³/mol. The number of rotatable bonds is 1. The van der Waals surface area contributed by atoms with Gasteiger partial charge in [0.25, 0.3) is 5.91 Å². The van der Waals surface area contributed by atoms with Crippen molar-refractivity contribution in [2.75, 3.05) is 13.1 Å². The van der Waals surface area contributed by atoms with Crippen LogP contribution < -0.4 is 0 Å². The number of likely N-dealkylation sites (tertiary alicyclic amines) is 1. The molecule has 4 heterocycles. The number of nitrogens with zero attached hydrogens (tertiary/aromatic N) is 5. The molecule has 8 heteroatoms. The van der Waals surface area contributed by atoms with E-state index in [9.17, 15) is 4.79 Å². The van der Waals surface area contributed by atoms with E-state index in [4.69, 9.17) is 4.74 Å². The van der Waals surface area contributed by atoms with Gasteiger partial charge in [-0.25, -0.2) is 9.67 Å². The number of amides is 1. The molecule has 0 spiro atoms. The van der Waals surface area contributed by atoms with Gasteiger partial charge in [0.05, 0.1) is 35.7 Å². The summed E-state index contributed by atoms with van der Waals surface area (Å²) >= 11 is 1.56. The molecule has 1 fully saturated rings.